The van der Waals surface area contributed by atoms with E-state index in [9.17, 15) is 4.79 Å². The summed E-state index contributed by atoms with van der Waals surface area (Å²) >= 11 is 0. The molecule has 4 nitrogen and oxygen atoms in total. The van der Waals surface area contributed by atoms with Crippen molar-refractivity contribution in [2.75, 3.05) is 17.2 Å². The van der Waals surface area contributed by atoms with E-state index in [1.807, 2.05) is 43.3 Å². The highest BCUT2D eigenvalue weighted by Gasteiger charge is 2.05. The van der Waals surface area contributed by atoms with Crippen molar-refractivity contribution in [2.24, 2.45) is 0 Å². The molecule has 0 fully saturated rings. The zero-order valence-corrected chi connectivity index (χ0v) is 11.7. The average molecular weight is 280 g/mol. The predicted molar refractivity (Wildman–Crippen MR) is 84.2 cm³/mol. The molecule has 21 heavy (non-hydrogen) atoms. The lowest BCUT2D eigenvalue weighted by atomic mass is 10.2. The van der Waals surface area contributed by atoms with Gasteiger partial charge in [-0.2, -0.15) is 0 Å². The van der Waals surface area contributed by atoms with Crippen molar-refractivity contribution in [3.63, 3.8) is 0 Å². The Labute approximate surface area is 123 Å². The van der Waals surface area contributed by atoms with E-state index in [4.69, 9.17) is 5.11 Å². The lowest BCUT2D eigenvalue weighted by molar-refractivity contribution is 0.262. The van der Waals surface area contributed by atoms with Gasteiger partial charge in [-0.1, -0.05) is 36.1 Å². The van der Waals surface area contributed by atoms with Crippen LogP contribution in [0.3, 0.4) is 0 Å². The van der Waals surface area contributed by atoms with Gasteiger partial charge in [0.05, 0.1) is 5.69 Å². The Morgan fingerprint density at radius 2 is 1.95 bits per heavy atom. The van der Waals surface area contributed by atoms with Gasteiger partial charge in [-0.3, -0.25) is 0 Å². The Morgan fingerprint density at radius 3 is 2.71 bits per heavy atom. The fourth-order valence-electron chi connectivity index (χ4n) is 1.84. The van der Waals surface area contributed by atoms with Gasteiger partial charge in [0.1, 0.15) is 6.61 Å². The van der Waals surface area contributed by atoms with Gasteiger partial charge in [0.15, 0.2) is 0 Å². The first-order chi connectivity index (χ1) is 10.2. The van der Waals surface area contributed by atoms with Gasteiger partial charge in [-0.25, -0.2) is 4.79 Å². The lowest BCUT2D eigenvalue weighted by Gasteiger charge is -2.09. The fourth-order valence-corrected chi connectivity index (χ4v) is 1.84. The summed E-state index contributed by atoms with van der Waals surface area (Å²) in [5.74, 6) is 5.37. The first kappa shape index (κ1) is 14.6. The number of nitrogens with one attached hydrogen (secondary N) is 2. The van der Waals surface area contributed by atoms with Crippen molar-refractivity contribution >= 4 is 17.4 Å². The molecule has 0 aliphatic heterocycles. The third kappa shape index (κ3) is 4.37. The van der Waals surface area contributed by atoms with E-state index in [2.05, 4.69) is 22.5 Å². The quantitative estimate of drug-likeness (QED) is 0.741. The van der Waals surface area contributed by atoms with Gasteiger partial charge in [-0.15, -0.1) is 0 Å². The summed E-state index contributed by atoms with van der Waals surface area (Å²) in [5, 5.41) is 14.3. The van der Waals surface area contributed by atoms with Gasteiger partial charge >= 0.3 is 6.03 Å². The van der Waals surface area contributed by atoms with Crippen LogP contribution in [0.5, 0.6) is 0 Å². The Morgan fingerprint density at radius 1 is 1.14 bits per heavy atom. The number of benzene rings is 2. The normalized spacial score (nSPS) is 9.43. The van der Waals surface area contributed by atoms with Gasteiger partial charge in [0, 0.05) is 11.3 Å². The highest BCUT2D eigenvalue weighted by Crippen LogP contribution is 2.15. The molecule has 0 aliphatic rings. The number of para-hydroxylation sites is 1. The van der Waals surface area contributed by atoms with Crippen molar-refractivity contribution in [2.45, 2.75) is 6.92 Å². The Bertz CT molecular complexity index is 699. The summed E-state index contributed by atoms with van der Waals surface area (Å²) < 4.78 is 0. The summed E-state index contributed by atoms with van der Waals surface area (Å²) in [4.78, 5) is 12.0. The molecule has 0 unspecified atom stereocenters. The fraction of sp³-hybridized carbons (Fsp3) is 0.118. The largest absolute Gasteiger partial charge is 0.384 e. The van der Waals surface area contributed by atoms with Crippen LogP contribution in [0.25, 0.3) is 0 Å². The van der Waals surface area contributed by atoms with Gasteiger partial charge in [-0.05, 0) is 36.8 Å². The van der Waals surface area contributed by atoms with Gasteiger partial charge in [0.25, 0.3) is 0 Å². The molecule has 0 atom stereocenters. The van der Waals surface area contributed by atoms with E-state index < -0.39 is 0 Å². The Balaban J connectivity index is 2.09. The molecule has 0 aromatic heterocycles. The second-order valence-electron chi connectivity index (χ2n) is 4.45. The van der Waals surface area contributed by atoms with Gasteiger partial charge in [0.2, 0.25) is 0 Å². The third-order valence-electron chi connectivity index (χ3n) is 2.75. The zero-order valence-electron chi connectivity index (χ0n) is 11.7. The predicted octanol–water partition coefficient (Wildman–Crippen LogP) is 2.98. The maximum Gasteiger partial charge on any atom is 0.323 e. The second-order valence-corrected chi connectivity index (χ2v) is 4.45. The molecule has 106 valence electrons. The van der Waals surface area contributed by atoms with Crippen LogP contribution in [0.2, 0.25) is 0 Å². The number of carbonyl (C=O) groups is 1. The van der Waals surface area contributed by atoms with E-state index in [0.29, 0.717) is 11.3 Å². The van der Waals surface area contributed by atoms with Crippen LogP contribution in [-0.2, 0) is 0 Å². The molecule has 0 heterocycles. The monoisotopic (exact) mass is 280 g/mol. The molecule has 0 saturated carbocycles. The van der Waals surface area contributed by atoms with E-state index in [-0.39, 0.29) is 12.6 Å². The molecule has 2 amide bonds. The molecule has 0 aliphatic carbocycles. The van der Waals surface area contributed by atoms with Crippen LogP contribution in [0.4, 0.5) is 16.2 Å². The molecular formula is C17H16N2O2. The van der Waals surface area contributed by atoms with Crippen molar-refractivity contribution in [3.8, 4) is 11.8 Å². The van der Waals surface area contributed by atoms with Crippen LogP contribution in [0, 0.1) is 18.8 Å². The molecule has 0 saturated heterocycles. The zero-order chi connectivity index (χ0) is 15.1. The van der Waals surface area contributed by atoms with Crippen molar-refractivity contribution in [1.82, 2.24) is 0 Å². The molecule has 2 aromatic rings. The maximum absolute atomic E-state index is 12.0. The number of carbonyl (C=O) groups excluding carboxylic acids is 1. The third-order valence-corrected chi connectivity index (χ3v) is 2.75. The number of anilines is 2. The topological polar surface area (TPSA) is 61.4 Å². The van der Waals surface area contributed by atoms with Crippen molar-refractivity contribution < 1.29 is 9.90 Å². The second kappa shape index (κ2) is 7.13. The molecule has 4 heteroatoms. The molecular weight excluding hydrogens is 264 g/mol. The SMILES string of the molecule is Cc1cccc(NC(=O)Nc2ccccc2C#CCO)c1. The minimum Gasteiger partial charge on any atom is -0.384 e. The number of rotatable bonds is 2. The average Bonchev–Trinajstić information content (AvgIpc) is 2.46. The molecule has 0 spiro atoms. The van der Waals surface area contributed by atoms with Crippen molar-refractivity contribution in [3.05, 3.63) is 59.7 Å². The van der Waals surface area contributed by atoms with E-state index >= 15 is 0 Å². The number of amides is 2. The first-order valence-corrected chi connectivity index (χ1v) is 6.52. The van der Waals surface area contributed by atoms with Crippen LogP contribution in [0.15, 0.2) is 48.5 Å². The number of hydrogen-bond donors (Lipinski definition) is 3. The molecule has 0 bridgehead atoms. The molecule has 2 rings (SSSR count). The number of aryl methyl sites for hydroxylation is 1. The van der Waals surface area contributed by atoms with Crippen LogP contribution in [-0.4, -0.2) is 17.7 Å². The molecule has 0 radical (unpaired) electrons. The number of aliphatic hydroxyl groups excluding tert-OH is 1. The summed E-state index contributed by atoms with van der Waals surface area (Å²) in [7, 11) is 0. The molecule has 2 aromatic carbocycles. The van der Waals surface area contributed by atoms with E-state index in [0.717, 1.165) is 11.3 Å². The van der Waals surface area contributed by atoms with Crippen LogP contribution >= 0.6 is 0 Å². The summed E-state index contributed by atoms with van der Waals surface area (Å²) in [5.41, 5.74) is 3.06. The molecule has 3 N–H and O–H groups in total. The maximum atomic E-state index is 12.0. The van der Waals surface area contributed by atoms with E-state index in [1.165, 1.54) is 0 Å². The Hall–Kier alpha value is -2.77. The number of aliphatic hydroxyl groups is 1. The van der Waals surface area contributed by atoms with Crippen molar-refractivity contribution in [1.29, 1.82) is 0 Å². The lowest BCUT2D eigenvalue weighted by Crippen LogP contribution is -2.20. The minimum atomic E-state index is -0.334. The van der Waals surface area contributed by atoms with E-state index in [1.54, 1.807) is 12.1 Å². The minimum absolute atomic E-state index is 0.218. The smallest absolute Gasteiger partial charge is 0.323 e. The highest BCUT2D eigenvalue weighted by atomic mass is 16.2. The number of hydrogen-bond acceptors (Lipinski definition) is 2. The summed E-state index contributed by atoms with van der Waals surface area (Å²) in [6.07, 6.45) is 0. The highest BCUT2D eigenvalue weighted by molar-refractivity contribution is 6.00. The Kier molecular flexibility index (Phi) is 4.97. The summed E-state index contributed by atoms with van der Waals surface area (Å²) in [6, 6.07) is 14.4. The van der Waals surface area contributed by atoms with Crippen LogP contribution in [0.1, 0.15) is 11.1 Å². The number of urea groups is 1. The first-order valence-electron chi connectivity index (χ1n) is 6.52. The summed E-state index contributed by atoms with van der Waals surface area (Å²) in [6.45, 7) is 1.74. The standard InChI is InChI=1S/C17H16N2O2/c1-13-6-4-9-15(12-13)18-17(21)19-16-10-3-2-7-14(16)8-5-11-20/h2-4,6-7,9-10,12,20H,11H2,1H3,(H2,18,19,21). The van der Waals surface area contributed by atoms with Crippen LogP contribution < -0.4 is 10.6 Å². The van der Waals surface area contributed by atoms with Gasteiger partial charge < -0.3 is 15.7 Å².